The smallest absolute Gasteiger partial charge is 0.239 e. The van der Waals surface area contributed by atoms with Crippen LogP contribution < -0.4 is 16.0 Å². The van der Waals surface area contributed by atoms with Crippen molar-refractivity contribution in [1.82, 2.24) is 16.0 Å². The Kier molecular flexibility index (Phi) is 19.7. The van der Waals surface area contributed by atoms with Gasteiger partial charge >= 0.3 is 0 Å². The fourth-order valence-electron chi connectivity index (χ4n) is 1.36. The lowest BCUT2D eigenvalue weighted by molar-refractivity contribution is -0.120. The quantitative estimate of drug-likeness (QED) is 0.168. The van der Waals surface area contributed by atoms with E-state index in [-0.39, 0.29) is 36.4 Å². The first-order valence-electron chi connectivity index (χ1n) is 7.01. The maximum atomic E-state index is 11.5. The van der Waals surface area contributed by atoms with Crippen molar-refractivity contribution >= 4 is 35.8 Å². The number of guanidine groups is 1. The van der Waals surface area contributed by atoms with E-state index in [0.29, 0.717) is 38.9 Å². The Morgan fingerprint density at radius 1 is 0.955 bits per heavy atom. The fourth-order valence-corrected chi connectivity index (χ4v) is 1.36. The second-order valence-corrected chi connectivity index (χ2v) is 4.15. The fraction of sp³-hybridized carbons (Fsp3) is 0.846. The molecule has 9 heteroatoms. The highest BCUT2D eigenvalue weighted by molar-refractivity contribution is 14.0. The van der Waals surface area contributed by atoms with Crippen LogP contribution in [0.25, 0.3) is 0 Å². The van der Waals surface area contributed by atoms with Crippen LogP contribution in [-0.2, 0) is 19.0 Å². The molecule has 0 aromatic heterocycles. The lowest BCUT2D eigenvalue weighted by Crippen LogP contribution is -2.44. The van der Waals surface area contributed by atoms with Gasteiger partial charge in [0.05, 0.1) is 26.4 Å². The summed E-state index contributed by atoms with van der Waals surface area (Å²) in [4.78, 5) is 15.5. The summed E-state index contributed by atoms with van der Waals surface area (Å²) in [6.45, 7) is 3.76. The normalized spacial score (nSPS) is 10.8. The minimum Gasteiger partial charge on any atom is -0.383 e. The molecule has 0 unspecified atom stereocenters. The van der Waals surface area contributed by atoms with Crippen molar-refractivity contribution < 1.29 is 19.0 Å². The molecule has 22 heavy (non-hydrogen) atoms. The van der Waals surface area contributed by atoms with Crippen LogP contribution in [0.5, 0.6) is 0 Å². The van der Waals surface area contributed by atoms with E-state index in [1.807, 2.05) is 0 Å². The molecule has 0 bridgehead atoms. The Bertz CT molecular complexity index is 293. The largest absolute Gasteiger partial charge is 0.383 e. The average molecular weight is 432 g/mol. The van der Waals surface area contributed by atoms with Crippen molar-refractivity contribution in [3.63, 3.8) is 0 Å². The molecule has 0 aromatic rings. The first-order chi connectivity index (χ1) is 10.2. The number of hydrogen-bond donors (Lipinski definition) is 3. The first kappa shape index (κ1) is 23.6. The highest BCUT2D eigenvalue weighted by atomic mass is 127. The predicted molar refractivity (Wildman–Crippen MR) is 97.0 cm³/mol. The Labute approximate surface area is 149 Å². The Morgan fingerprint density at radius 2 is 1.68 bits per heavy atom. The summed E-state index contributed by atoms with van der Waals surface area (Å²) < 4.78 is 15.1. The van der Waals surface area contributed by atoms with Crippen molar-refractivity contribution in [3.05, 3.63) is 0 Å². The monoisotopic (exact) mass is 432 g/mol. The molecule has 0 saturated carbocycles. The van der Waals surface area contributed by atoms with Gasteiger partial charge in [0.2, 0.25) is 5.91 Å². The Hall–Kier alpha value is -0.650. The number of amides is 1. The number of nitrogens with zero attached hydrogens (tertiary/aromatic N) is 1. The number of halogens is 1. The molecule has 0 aliphatic rings. The molecule has 0 aliphatic heterocycles. The third-order valence-electron chi connectivity index (χ3n) is 2.46. The highest BCUT2D eigenvalue weighted by Crippen LogP contribution is 1.82. The van der Waals surface area contributed by atoms with E-state index < -0.39 is 0 Å². The van der Waals surface area contributed by atoms with Crippen LogP contribution in [0.15, 0.2) is 4.99 Å². The average Bonchev–Trinajstić information content (AvgIpc) is 2.49. The molecule has 0 radical (unpaired) electrons. The Morgan fingerprint density at radius 3 is 2.32 bits per heavy atom. The summed E-state index contributed by atoms with van der Waals surface area (Å²) in [6, 6.07) is 0. The van der Waals surface area contributed by atoms with Crippen LogP contribution in [0.1, 0.15) is 6.42 Å². The molecular weight excluding hydrogens is 403 g/mol. The van der Waals surface area contributed by atoms with Crippen molar-refractivity contribution in [3.8, 4) is 0 Å². The van der Waals surface area contributed by atoms with Gasteiger partial charge in [-0.2, -0.15) is 0 Å². The van der Waals surface area contributed by atoms with Gasteiger partial charge in [-0.05, 0) is 6.42 Å². The SMILES string of the molecule is CN=C(NCCCOCCOC)NCC(=O)NCCOC.I. The first-order valence-corrected chi connectivity index (χ1v) is 7.01. The molecule has 3 N–H and O–H groups in total. The summed E-state index contributed by atoms with van der Waals surface area (Å²) in [6.07, 6.45) is 0.852. The van der Waals surface area contributed by atoms with E-state index >= 15 is 0 Å². The minimum absolute atomic E-state index is 0. The minimum atomic E-state index is -0.0992. The maximum absolute atomic E-state index is 11.5. The molecule has 0 saturated heterocycles. The number of aliphatic imine (C=N–C) groups is 1. The number of hydrogen-bond acceptors (Lipinski definition) is 5. The summed E-state index contributed by atoms with van der Waals surface area (Å²) in [5.41, 5.74) is 0. The molecule has 0 heterocycles. The standard InChI is InChI=1S/C13H28N4O4.HI/c1-14-13(16-5-4-7-21-10-9-20-3)17-11-12(18)15-6-8-19-2;/h4-11H2,1-3H3,(H,15,18)(H2,14,16,17);1H. The zero-order valence-electron chi connectivity index (χ0n) is 13.6. The van der Waals surface area contributed by atoms with Gasteiger partial charge in [0.25, 0.3) is 0 Å². The van der Waals surface area contributed by atoms with Crippen LogP contribution in [0, 0.1) is 0 Å². The Balaban J connectivity index is 0. The van der Waals surface area contributed by atoms with Crippen LogP contribution in [0.3, 0.4) is 0 Å². The third-order valence-corrected chi connectivity index (χ3v) is 2.46. The zero-order valence-corrected chi connectivity index (χ0v) is 16.0. The molecule has 0 rings (SSSR count). The molecule has 0 fully saturated rings. The summed E-state index contributed by atoms with van der Waals surface area (Å²) >= 11 is 0. The van der Waals surface area contributed by atoms with Gasteiger partial charge in [0, 0.05) is 41.0 Å². The van der Waals surface area contributed by atoms with Crippen LogP contribution in [0.2, 0.25) is 0 Å². The summed E-state index contributed by atoms with van der Waals surface area (Å²) in [5.74, 6) is 0.492. The van der Waals surface area contributed by atoms with Crippen molar-refractivity contribution in [2.45, 2.75) is 6.42 Å². The molecule has 8 nitrogen and oxygen atoms in total. The van der Waals surface area contributed by atoms with E-state index in [9.17, 15) is 4.79 Å². The number of carbonyl (C=O) groups is 1. The number of nitrogens with one attached hydrogen (secondary N) is 3. The van der Waals surface area contributed by atoms with Gasteiger partial charge in [-0.3, -0.25) is 9.79 Å². The summed E-state index contributed by atoms with van der Waals surface area (Å²) in [5, 5.41) is 8.76. The number of rotatable bonds is 12. The van der Waals surface area contributed by atoms with Gasteiger partial charge in [0.15, 0.2) is 5.96 Å². The topological polar surface area (TPSA) is 93.2 Å². The van der Waals surface area contributed by atoms with Gasteiger partial charge in [-0.15, -0.1) is 24.0 Å². The molecular formula is C13H29IN4O4. The maximum Gasteiger partial charge on any atom is 0.239 e. The summed E-state index contributed by atoms with van der Waals surface area (Å²) in [7, 11) is 4.90. The van der Waals surface area contributed by atoms with Gasteiger partial charge < -0.3 is 30.2 Å². The highest BCUT2D eigenvalue weighted by Gasteiger charge is 2.02. The molecule has 0 aromatic carbocycles. The van der Waals surface area contributed by atoms with E-state index in [1.165, 1.54) is 0 Å². The zero-order chi connectivity index (χ0) is 15.8. The van der Waals surface area contributed by atoms with E-state index in [0.717, 1.165) is 13.0 Å². The molecule has 1 amide bonds. The number of ether oxygens (including phenoxy) is 3. The van der Waals surface area contributed by atoms with E-state index in [4.69, 9.17) is 14.2 Å². The van der Waals surface area contributed by atoms with E-state index in [1.54, 1.807) is 21.3 Å². The second-order valence-electron chi connectivity index (χ2n) is 4.15. The van der Waals surface area contributed by atoms with Gasteiger partial charge in [-0.1, -0.05) is 0 Å². The van der Waals surface area contributed by atoms with Crippen molar-refractivity contribution in [2.24, 2.45) is 4.99 Å². The second kappa shape index (κ2) is 18.4. The molecule has 0 spiro atoms. The lowest BCUT2D eigenvalue weighted by atomic mass is 10.4. The van der Waals surface area contributed by atoms with Crippen LogP contribution in [-0.4, -0.2) is 79.2 Å². The number of carbonyl (C=O) groups excluding carboxylic acids is 1. The molecule has 0 atom stereocenters. The van der Waals surface area contributed by atoms with E-state index in [2.05, 4.69) is 20.9 Å². The van der Waals surface area contributed by atoms with Gasteiger partial charge in [0.1, 0.15) is 0 Å². The van der Waals surface area contributed by atoms with Crippen molar-refractivity contribution in [1.29, 1.82) is 0 Å². The lowest BCUT2D eigenvalue weighted by Gasteiger charge is -2.12. The third kappa shape index (κ3) is 15.7. The van der Waals surface area contributed by atoms with Crippen LogP contribution >= 0.6 is 24.0 Å². The van der Waals surface area contributed by atoms with Crippen molar-refractivity contribution in [2.75, 3.05) is 67.3 Å². The molecule has 132 valence electrons. The van der Waals surface area contributed by atoms with Crippen LogP contribution in [0.4, 0.5) is 0 Å². The predicted octanol–water partition coefficient (Wildman–Crippen LogP) is -0.415. The molecule has 0 aliphatic carbocycles. The number of methoxy groups -OCH3 is 2. The van der Waals surface area contributed by atoms with Gasteiger partial charge in [-0.25, -0.2) is 0 Å².